The van der Waals surface area contributed by atoms with Crippen LogP contribution in [-0.2, 0) is 16.0 Å². The Labute approximate surface area is 125 Å². The first-order chi connectivity index (χ1) is 9.02. The number of carboxylic acid groups (broad SMARTS) is 1. The average Bonchev–Trinajstić information content (AvgIpc) is 2.75. The monoisotopic (exact) mass is 347 g/mol. The predicted molar refractivity (Wildman–Crippen MR) is 79.4 cm³/mol. The Hall–Kier alpha value is -0.880. The molecule has 0 bridgehead atoms. The second-order valence-electron chi connectivity index (χ2n) is 4.31. The van der Waals surface area contributed by atoms with Crippen molar-refractivity contribution in [2.45, 2.75) is 32.6 Å². The maximum absolute atomic E-state index is 11.6. The van der Waals surface area contributed by atoms with E-state index in [4.69, 9.17) is 5.11 Å². The number of hydrogen-bond acceptors (Lipinski definition) is 3. The lowest BCUT2D eigenvalue weighted by atomic mass is 10.1. The van der Waals surface area contributed by atoms with Gasteiger partial charge in [0.25, 0.3) is 0 Å². The number of aryl methyl sites for hydroxylation is 1. The smallest absolute Gasteiger partial charge is 0.308 e. The third-order valence-corrected chi connectivity index (χ3v) is 4.53. The summed E-state index contributed by atoms with van der Waals surface area (Å²) in [6, 6.07) is 4.04. The number of carboxylic acids is 1. The molecule has 1 heterocycles. The number of thiophene rings is 1. The van der Waals surface area contributed by atoms with Gasteiger partial charge in [0.05, 0.1) is 9.70 Å². The van der Waals surface area contributed by atoms with Gasteiger partial charge in [0, 0.05) is 17.8 Å². The van der Waals surface area contributed by atoms with Gasteiger partial charge in [-0.15, -0.1) is 11.3 Å². The van der Waals surface area contributed by atoms with Crippen LogP contribution in [-0.4, -0.2) is 23.5 Å². The highest BCUT2D eigenvalue weighted by molar-refractivity contribution is 9.11. The highest BCUT2D eigenvalue weighted by atomic mass is 79.9. The molecule has 0 fully saturated rings. The fourth-order valence-electron chi connectivity index (χ4n) is 1.64. The van der Waals surface area contributed by atoms with E-state index in [9.17, 15) is 9.59 Å². The summed E-state index contributed by atoms with van der Waals surface area (Å²) >= 11 is 5.07. The summed E-state index contributed by atoms with van der Waals surface area (Å²) in [5.74, 6) is -1.42. The highest BCUT2D eigenvalue weighted by Crippen LogP contribution is 2.23. The molecular formula is C13H18BrNO3S. The summed E-state index contributed by atoms with van der Waals surface area (Å²) in [6.07, 6.45) is 2.62. The maximum atomic E-state index is 11.6. The van der Waals surface area contributed by atoms with E-state index in [-0.39, 0.29) is 12.5 Å². The van der Waals surface area contributed by atoms with E-state index in [1.165, 1.54) is 4.88 Å². The summed E-state index contributed by atoms with van der Waals surface area (Å²) in [6.45, 7) is 2.02. The molecule has 0 spiro atoms. The quantitative estimate of drug-likeness (QED) is 0.759. The van der Waals surface area contributed by atoms with E-state index in [0.29, 0.717) is 12.8 Å². The summed E-state index contributed by atoms with van der Waals surface area (Å²) in [5.41, 5.74) is 0. The second kappa shape index (κ2) is 8.32. The van der Waals surface area contributed by atoms with Crippen molar-refractivity contribution in [1.82, 2.24) is 5.32 Å². The Morgan fingerprint density at radius 3 is 2.74 bits per heavy atom. The molecule has 1 unspecified atom stereocenters. The van der Waals surface area contributed by atoms with Gasteiger partial charge in [-0.25, -0.2) is 0 Å². The van der Waals surface area contributed by atoms with E-state index < -0.39 is 11.9 Å². The summed E-state index contributed by atoms with van der Waals surface area (Å²) in [5, 5.41) is 11.5. The van der Waals surface area contributed by atoms with Gasteiger partial charge in [-0.2, -0.15) is 0 Å². The van der Waals surface area contributed by atoms with Crippen LogP contribution in [0.15, 0.2) is 15.9 Å². The number of rotatable bonds is 8. The molecular weight excluding hydrogens is 330 g/mol. The van der Waals surface area contributed by atoms with Crippen molar-refractivity contribution < 1.29 is 14.7 Å². The number of halogens is 1. The summed E-state index contributed by atoms with van der Waals surface area (Å²) in [4.78, 5) is 23.6. The molecule has 0 saturated heterocycles. The number of amides is 1. The van der Waals surface area contributed by atoms with Gasteiger partial charge in [-0.3, -0.25) is 9.59 Å². The van der Waals surface area contributed by atoms with E-state index in [1.54, 1.807) is 18.3 Å². The molecule has 1 aromatic rings. The topological polar surface area (TPSA) is 66.4 Å². The van der Waals surface area contributed by atoms with Crippen molar-refractivity contribution in [3.63, 3.8) is 0 Å². The zero-order valence-electron chi connectivity index (χ0n) is 10.8. The maximum Gasteiger partial charge on any atom is 0.308 e. The normalized spacial score (nSPS) is 12.1. The zero-order chi connectivity index (χ0) is 14.3. The lowest BCUT2D eigenvalue weighted by Crippen LogP contribution is -2.32. The summed E-state index contributed by atoms with van der Waals surface area (Å²) in [7, 11) is 0. The van der Waals surface area contributed by atoms with E-state index in [1.807, 2.05) is 12.1 Å². The van der Waals surface area contributed by atoms with Crippen molar-refractivity contribution in [3.05, 3.63) is 20.8 Å². The number of carbonyl (C=O) groups excluding carboxylic acids is 1. The van der Waals surface area contributed by atoms with Crippen LogP contribution in [0.25, 0.3) is 0 Å². The second-order valence-corrected chi connectivity index (χ2v) is 6.85. The zero-order valence-corrected chi connectivity index (χ0v) is 13.2. The Morgan fingerprint density at radius 1 is 1.47 bits per heavy atom. The van der Waals surface area contributed by atoms with Crippen molar-refractivity contribution in [2.24, 2.45) is 5.92 Å². The number of hydrogen-bond donors (Lipinski definition) is 2. The van der Waals surface area contributed by atoms with Gasteiger partial charge in [-0.1, -0.05) is 6.92 Å². The van der Waals surface area contributed by atoms with Crippen LogP contribution in [0.5, 0.6) is 0 Å². The molecule has 2 N–H and O–H groups in total. The van der Waals surface area contributed by atoms with Crippen molar-refractivity contribution >= 4 is 39.1 Å². The molecule has 1 amide bonds. The molecule has 0 aromatic carbocycles. The molecule has 1 atom stereocenters. The first-order valence-corrected chi connectivity index (χ1v) is 7.87. The van der Waals surface area contributed by atoms with Gasteiger partial charge in [0.2, 0.25) is 5.91 Å². The van der Waals surface area contributed by atoms with Gasteiger partial charge in [-0.05, 0) is 47.3 Å². The lowest BCUT2D eigenvalue weighted by molar-refractivity contribution is -0.141. The molecule has 0 aliphatic carbocycles. The van der Waals surface area contributed by atoms with Crippen LogP contribution >= 0.6 is 27.3 Å². The molecule has 106 valence electrons. The molecule has 4 nitrogen and oxygen atoms in total. The molecule has 0 aliphatic heterocycles. The molecule has 0 aliphatic rings. The van der Waals surface area contributed by atoms with Crippen LogP contribution in [0.3, 0.4) is 0 Å². The number of carbonyl (C=O) groups is 2. The highest BCUT2D eigenvalue weighted by Gasteiger charge is 2.15. The lowest BCUT2D eigenvalue weighted by Gasteiger charge is -2.10. The fraction of sp³-hybridized carbons (Fsp3) is 0.538. The predicted octanol–water partition coefficient (Wildman–Crippen LogP) is 3.06. The van der Waals surface area contributed by atoms with E-state index in [2.05, 4.69) is 21.2 Å². The Balaban J connectivity index is 2.19. The van der Waals surface area contributed by atoms with Crippen molar-refractivity contribution in [1.29, 1.82) is 0 Å². The van der Waals surface area contributed by atoms with E-state index in [0.717, 1.165) is 16.6 Å². The Bertz CT molecular complexity index is 433. The third kappa shape index (κ3) is 6.20. The number of nitrogens with one attached hydrogen (secondary N) is 1. The van der Waals surface area contributed by atoms with Crippen LogP contribution in [0, 0.1) is 5.92 Å². The fourth-order valence-corrected chi connectivity index (χ4v) is 3.17. The SMILES string of the molecule is CCC(CNC(=O)CCCc1ccc(Br)s1)C(=O)O. The first kappa shape index (κ1) is 16.2. The first-order valence-electron chi connectivity index (χ1n) is 6.26. The van der Waals surface area contributed by atoms with Crippen LogP contribution in [0.4, 0.5) is 0 Å². The van der Waals surface area contributed by atoms with Gasteiger partial charge in [0.15, 0.2) is 0 Å². The van der Waals surface area contributed by atoms with Gasteiger partial charge in [0.1, 0.15) is 0 Å². The van der Waals surface area contributed by atoms with Crippen molar-refractivity contribution in [3.8, 4) is 0 Å². The summed E-state index contributed by atoms with van der Waals surface area (Å²) < 4.78 is 1.10. The minimum absolute atomic E-state index is 0.0738. The molecule has 6 heteroatoms. The van der Waals surface area contributed by atoms with Crippen LogP contribution in [0.2, 0.25) is 0 Å². The minimum Gasteiger partial charge on any atom is -0.481 e. The standard InChI is InChI=1S/C13H18BrNO3S/c1-2-9(13(17)18)8-15-12(16)5-3-4-10-6-7-11(14)19-10/h6-7,9H,2-5,8H2,1H3,(H,15,16)(H,17,18). The van der Waals surface area contributed by atoms with Gasteiger partial charge >= 0.3 is 5.97 Å². The molecule has 0 radical (unpaired) electrons. The van der Waals surface area contributed by atoms with Crippen LogP contribution < -0.4 is 5.32 Å². The molecule has 1 aromatic heterocycles. The molecule has 19 heavy (non-hydrogen) atoms. The largest absolute Gasteiger partial charge is 0.481 e. The Kier molecular flexibility index (Phi) is 7.09. The Morgan fingerprint density at radius 2 is 2.21 bits per heavy atom. The van der Waals surface area contributed by atoms with Crippen LogP contribution in [0.1, 0.15) is 31.1 Å². The molecule has 0 saturated carbocycles. The van der Waals surface area contributed by atoms with Crippen molar-refractivity contribution in [2.75, 3.05) is 6.54 Å². The number of aliphatic carboxylic acids is 1. The van der Waals surface area contributed by atoms with E-state index >= 15 is 0 Å². The molecule has 1 rings (SSSR count). The third-order valence-electron chi connectivity index (χ3n) is 2.84. The minimum atomic E-state index is -0.855. The van der Waals surface area contributed by atoms with Gasteiger partial charge < -0.3 is 10.4 Å². The average molecular weight is 348 g/mol.